The van der Waals surface area contributed by atoms with Crippen molar-refractivity contribution in [1.29, 1.82) is 0 Å². The Morgan fingerprint density at radius 1 is 1.27 bits per heavy atom. The molecule has 0 aliphatic carbocycles. The minimum absolute atomic E-state index is 0.0617. The lowest BCUT2D eigenvalue weighted by molar-refractivity contribution is -0.0822. The first-order valence-corrected chi connectivity index (χ1v) is 5.13. The Balaban J connectivity index is 2.34. The Morgan fingerprint density at radius 3 is 2.40 bits per heavy atom. The standard InChI is InChI=1S/C12H19N2O/c1-10(14-15-12(2,3)4)13-11-8-6-5-7-9-11/h6-10,13-14H,1-4H3. The van der Waals surface area contributed by atoms with Gasteiger partial charge in [0.2, 0.25) is 0 Å². The van der Waals surface area contributed by atoms with E-state index >= 15 is 0 Å². The molecule has 0 aliphatic rings. The van der Waals surface area contributed by atoms with E-state index in [0.29, 0.717) is 0 Å². The number of benzene rings is 1. The average molecular weight is 207 g/mol. The van der Waals surface area contributed by atoms with Gasteiger partial charge in [0.1, 0.15) is 0 Å². The maximum absolute atomic E-state index is 5.44. The zero-order valence-corrected chi connectivity index (χ0v) is 9.79. The lowest BCUT2D eigenvalue weighted by atomic mass is 10.2. The lowest BCUT2D eigenvalue weighted by Gasteiger charge is -2.24. The van der Waals surface area contributed by atoms with E-state index in [1.807, 2.05) is 52.0 Å². The van der Waals surface area contributed by atoms with E-state index in [-0.39, 0.29) is 11.8 Å². The van der Waals surface area contributed by atoms with Gasteiger partial charge in [-0.05, 0) is 45.9 Å². The number of nitrogens with one attached hydrogen (secondary N) is 2. The summed E-state index contributed by atoms with van der Waals surface area (Å²) >= 11 is 0. The van der Waals surface area contributed by atoms with Gasteiger partial charge in [-0.2, -0.15) is 5.48 Å². The van der Waals surface area contributed by atoms with Crippen LogP contribution in [0.15, 0.2) is 24.3 Å². The average Bonchev–Trinajstić information content (AvgIpc) is 2.15. The van der Waals surface area contributed by atoms with Crippen molar-refractivity contribution in [1.82, 2.24) is 5.48 Å². The van der Waals surface area contributed by atoms with E-state index in [1.165, 1.54) is 0 Å². The molecule has 1 atom stereocenters. The predicted octanol–water partition coefficient (Wildman–Crippen LogP) is 2.56. The molecule has 0 fully saturated rings. The summed E-state index contributed by atoms with van der Waals surface area (Å²) in [5.41, 5.74) is 3.82. The van der Waals surface area contributed by atoms with Crippen LogP contribution in [0.2, 0.25) is 0 Å². The molecular formula is C12H19N2O. The fraction of sp³-hybridized carbons (Fsp3) is 0.500. The monoisotopic (exact) mass is 207 g/mol. The molecule has 0 bridgehead atoms. The number of hydroxylamine groups is 1. The molecule has 2 N–H and O–H groups in total. The van der Waals surface area contributed by atoms with Crippen LogP contribution >= 0.6 is 0 Å². The topological polar surface area (TPSA) is 33.3 Å². The predicted molar refractivity (Wildman–Crippen MR) is 62.3 cm³/mol. The van der Waals surface area contributed by atoms with Gasteiger partial charge in [0, 0.05) is 5.69 Å². The summed E-state index contributed by atoms with van der Waals surface area (Å²) in [6.07, 6.45) is 0.0617. The fourth-order valence-corrected chi connectivity index (χ4v) is 1.03. The van der Waals surface area contributed by atoms with E-state index in [2.05, 4.69) is 16.9 Å². The van der Waals surface area contributed by atoms with Crippen LogP contribution in [0, 0.1) is 6.07 Å². The summed E-state index contributed by atoms with van der Waals surface area (Å²) in [6, 6.07) is 10.7. The Labute approximate surface area is 91.8 Å². The third-order valence-electron chi connectivity index (χ3n) is 1.64. The molecule has 3 nitrogen and oxygen atoms in total. The summed E-state index contributed by atoms with van der Waals surface area (Å²) < 4.78 is 0. The number of hydrogen-bond donors (Lipinski definition) is 2. The lowest BCUT2D eigenvalue weighted by Crippen LogP contribution is -2.39. The van der Waals surface area contributed by atoms with Gasteiger partial charge in [-0.3, -0.25) is 4.84 Å². The van der Waals surface area contributed by atoms with Crippen molar-refractivity contribution >= 4 is 5.69 Å². The van der Waals surface area contributed by atoms with Crippen LogP contribution in [-0.2, 0) is 4.84 Å². The molecule has 0 amide bonds. The third-order valence-corrected chi connectivity index (χ3v) is 1.64. The smallest absolute Gasteiger partial charge is 0.0971 e. The van der Waals surface area contributed by atoms with Crippen molar-refractivity contribution in [3.8, 4) is 0 Å². The van der Waals surface area contributed by atoms with Gasteiger partial charge in [0.15, 0.2) is 0 Å². The maximum atomic E-state index is 5.44. The molecule has 3 heteroatoms. The zero-order valence-electron chi connectivity index (χ0n) is 9.79. The molecule has 1 aromatic carbocycles. The third kappa shape index (κ3) is 5.40. The number of rotatable bonds is 4. The highest BCUT2D eigenvalue weighted by Gasteiger charge is 2.11. The van der Waals surface area contributed by atoms with Crippen LogP contribution in [0.25, 0.3) is 0 Å². The van der Waals surface area contributed by atoms with Gasteiger partial charge in [0.25, 0.3) is 0 Å². The van der Waals surface area contributed by atoms with Gasteiger partial charge >= 0.3 is 0 Å². The number of anilines is 1. The first kappa shape index (κ1) is 12.0. The van der Waals surface area contributed by atoms with E-state index < -0.39 is 0 Å². The Bertz CT molecular complexity index is 279. The molecule has 0 spiro atoms. The van der Waals surface area contributed by atoms with Crippen molar-refractivity contribution in [3.05, 3.63) is 30.3 Å². The Kier molecular flexibility index (Phi) is 4.12. The Hall–Kier alpha value is -1.06. The molecule has 1 radical (unpaired) electrons. The highest BCUT2D eigenvalue weighted by Crippen LogP contribution is 2.07. The Morgan fingerprint density at radius 2 is 1.87 bits per heavy atom. The van der Waals surface area contributed by atoms with Gasteiger partial charge in [-0.15, -0.1) is 0 Å². The molecule has 1 unspecified atom stereocenters. The zero-order chi connectivity index (χ0) is 11.3. The van der Waals surface area contributed by atoms with Gasteiger partial charge in [-0.1, -0.05) is 12.1 Å². The largest absolute Gasteiger partial charge is 0.368 e. The second kappa shape index (κ2) is 5.14. The quantitative estimate of drug-likeness (QED) is 0.588. The van der Waals surface area contributed by atoms with Gasteiger partial charge in [0.05, 0.1) is 11.8 Å². The second-order valence-electron chi connectivity index (χ2n) is 4.49. The van der Waals surface area contributed by atoms with Gasteiger partial charge in [-0.25, -0.2) is 0 Å². The highest BCUT2D eigenvalue weighted by atomic mass is 16.7. The van der Waals surface area contributed by atoms with Crippen molar-refractivity contribution in [2.24, 2.45) is 0 Å². The molecule has 1 aromatic rings. The van der Waals surface area contributed by atoms with E-state index in [1.54, 1.807) is 0 Å². The summed E-state index contributed by atoms with van der Waals surface area (Å²) in [7, 11) is 0. The SMILES string of the molecule is CC(NOC(C)(C)C)Nc1cc[c]cc1. The molecule has 0 heterocycles. The molecule has 83 valence electrons. The van der Waals surface area contributed by atoms with Crippen LogP contribution < -0.4 is 10.8 Å². The minimum atomic E-state index is -0.180. The molecule has 15 heavy (non-hydrogen) atoms. The maximum Gasteiger partial charge on any atom is 0.0971 e. The van der Waals surface area contributed by atoms with Crippen LogP contribution in [0.4, 0.5) is 5.69 Å². The van der Waals surface area contributed by atoms with Gasteiger partial charge < -0.3 is 5.32 Å². The van der Waals surface area contributed by atoms with Crippen molar-refractivity contribution < 1.29 is 4.84 Å². The molecule has 0 aliphatic heterocycles. The molecule has 0 saturated carbocycles. The highest BCUT2D eigenvalue weighted by molar-refractivity contribution is 5.42. The van der Waals surface area contributed by atoms with Crippen LogP contribution in [0.1, 0.15) is 27.7 Å². The first-order valence-electron chi connectivity index (χ1n) is 5.13. The molecule has 0 saturated heterocycles. The molecular weight excluding hydrogens is 188 g/mol. The summed E-state index contributed by atoms with van der Waals surface area (Å²) in [5, 5.41) is 3.26. The minimum Gasteiger partial charge on any atom is -0.368 e. The van der Waals surface area contributed by atoms with E-state index in [9.17, 15) is 0 Å². The van der Waals surface area contributed by atoms with Crippen LogP contribution in [-0.4, -0.2) is 11.8 Å². The molecule has 0 aromatic heterocycles. The summed E-state index contributed by atoms with van der Waals surface area (Å²) in [4.78, 5) is 5.44. The normalized spacial score (nSPS) is 13.6. The summed E-state index contributed by atoms with van der Waals surface area (Å²) in [5.74, 6) is 0. The summed E-state index contributed by atoms with van der Waals surface area (Å²) in [6.45, 7) is 8.01. The van der Waals surface area contributed by atoms with Crippen molar-refractivity contribution in [2.75, 3.05) is 5.32 Å². The molecule has 1 rings (SSSR count). The van der Waals surface area contributed by atoms with E-state index in [4.69, 9.17) is 4.84 Å². The number of hydrogen-bond acceptors (Lipinski definition) is 3. The van der Waals surface area contributed by atoms with Crippen LogP contribution in [0.5, 0.6) is 0 Å². The fourth-order valence-electron chi connectivity index (χ4n) is 1.03. The first-order chi connectivity index (χ1) is 6.97. The van der Waals surface area contributed by atoms with Crippen molar-refractivity contribution in [2.45, 2.75) is 39.5 Å². The van der Waals surface area contributed by atoms with Crippen molar-refractivity contribution in [3.63, 3.8) is 0 Å². The van der Waals surface area contributed by atoms with Crippen LogP contribution in [0.3, 0.4) is 0 Å². The van der Waals surface area contributed by atoms with E-state index in [0.717, 1.165) is 5.69 Å². The second-order valence-corrected chi connectivity index (χ2v) is 4.49.